The molecule has 1 aliphatic rings. The third kappa shape index (κ3) is 4.12. The predicted molar refractivity (Wildman–Crippen MR) is 91.9 cm³/mol. The second kappa shape index (κ2) is 7.74. The van der Waals surface area contributed by atoms with Crippen LogP contribution >= 0.6 is 0 Å². The van der Waals surface area contributed by atoms with Crippen molar-refractivity contribution >= 4 is 17.7 Å². The number of aliphatic carboxylic acids is 1. The predicted octanol–water partition coefficient (Wildman–Crippen LogP) is 1.64. The zero-order chi connectivity index (χ0) is 17.6. The molecule has 1 atom stereocenters. The number of carbonyl (C=O) groups excluding carboxylic acids is 1. The van der Waals surface area contributed by atoms with Crippen LogP contribution < -0.4 is 10.2 Å². The van der Waals surface area contributed by atoms with Gasteiger partial charge in [-0.25, -0.2) is 9.78 Å². The van der Waals surface area contributed by atoms with Crippen LogP contribution in [0.15, 0.2) is 48.9 Å². The molecule has 1 aliphatic heterocycles. The van der Waals surface area contributed by atoms with Crippen LogP contribution in [0.3, 0.4) is 0 Å². The lowest BCUT2D eigenvalue weighted by Crippen LogP contribution is -2.43. The van der Waals surface area contributed by atoms with Gasteiger partial charge < -0.3 is 15.3 Å². The second-order valence-corrected chi connectivity index (χ2v) is 6.02. The Morgan fingerprint density at radius 2 is 1.88 bits per heavy atom. The molecule has 1 saturated heterocycles. The average Bonchev–Trinajstić information content (AvgIpc) is 2.67. The molecule has 0 saturated carbocycles. The van der Waals surface area contributed by atoms with Crippen LogP contribution in [0.25, 0.3) is 0 Å². The lowest BCUT2D eigenvalue weighted by molar-refractivity contribution is -0.142. The first-order chi connectivity index (χ1) is 12.1. The van der Waals surface area contributed by atoms with Crippen LogP contribution in [0.4, 0.5) is 5.82 Å². The average molecular weight is 340 g/mol. The van der Waals surface area contributed by atoms with Gasteiger partial charge in [-0.15, -0.1) is 0 Å². The number of hydrogen-bond donors (Lipinski definition) is 2. The number of carboxylic acids is 1. The second-order valence-electron chi connectivity index (χ2n) is 6.02. The van der Waals surface area contributed by atoms with Gasteiger partial charge >= 0.3 is 5.97 Å². The largest absolute Gasteiger partial charge is 0.479 e. The molecule has 1 aromatic carbocycles. The van der Waals surface area contributed by atoms with Crippen molar-refractivity contribution in [1.29, 1.82) is 0 Å². The number of amides is 1. The van der Waals surface area contributed by atoms with Gasteiger partial charge in [0.15, 0.2) is 6.04 Å². The fourth-order valence-electron chi connectivity index (χ4n) is 3.02. The van der Waals surface area contributed by atoms with Gasteiger partial charge in [-0.05, 0) is 18.4 Å². The van der Waals surface area contributed by atoms with E-state index < -0.39 is 12.0 Å². The lowest BCUT2D eigenvalue weighted by atomic mass is 9.95. The van der Waals surface area contributed by atoms with Crippen LogP contribution in [0, 0.1) is 5.92 Å². The van der Waals surface area contributed by atoms with Crippen LogP contribution in [0.2, 0.25) is 0 Å². The highest BCUT2D eigenvalue weighted by Gasteiger charge is 2.29. The molecular weight excluding hydrogens is 320 g/mol. The molecule has 2 N–H and O–H groups in total. The number of benzene rings is 1. The first kappa shape index (κ1) is 16.9. The molecule has 130 valence electrons. The summed E-state index contributed by atoms with van der Waals surface area (Å²) in [5, 5.41) is 12.1. The number of carboxylic acid groups (broad SMARTS) is 1. The van der Waals surface area contributed by atoms with Gasteiger partial charge in [0.2, 0.25) is 5.91 Å². The van der Waals surface area contributed by atoms with Crippen molar-refractivity contribution in [3.63, 3.8) is 0 Å². The summed E-state index contributed by atoms with van der Waals surface area (Å²) in [5.74, 6) is -0.667. The SMILES string of the molecule is O=C(N[C@@H](C(=O)O)c1ccccc1)C1CCN(c2cnccn2)CC1. The summed E-state index contributed by atoms with van der Waals surface area (Å²) in [6.07, 6.45) is 6.29. The fourth-order valence-corrected chi connectivity index (χ4v) is 3.02. The maximum Gasteiger partial charge on any atom is 0.330 e. The first-order valence-electron chi connectivity index (χ1n) is 8.24. The summed E-state index contributed by atoms with van der Waals surface area (Å²) in [4.78, 5) is 34.4. The normalized spacial score (nSPS) is 16.2. The molecule has 2 aromatic rings. The summed E-state index contributed by atoms with van der Waals surface area (Å²) in [5.41, 5.74) is 0.570. The molecule has 1 fully saturated rings. The van der Waals surface area contributed by atoms with E-state index in [1.807, 2.05) is 6.07 Å². The molecule has 0 aliphatic carbocycles. The van der Waals surface area contributed by atoms with Crippen molar-refractivity contribution < 1.29 is 14.7 Å². The van der Waals surface area contributed by atoms with Crippen molar-refractivity contribution in [3.8, 4) is 0 Å². The van der Waals surface area contributed by atoms with Gasteiger partial charge in [-0.2, -0.15) is 0 Å². The maximum absolute atomic E-state index is 12.5. The number of carbonyl (C=O) groups is 2. The number of nitrogens with zero attached hydrogens (tertiary/aromatic N) is 3. The molecule has 25 heavy (non-hydrogen) atoms. The van der Waals surface area contributed by atoms with Crippen molar-refractivity contribution in [1.82, 2.24) is 15.3 Å². The van der Waals surface area contributed by atoms with Gasteiger partial charge in [0.1, 0.15) is 5.82 Å². The fraction of sp³-hybridized carbons (Fsp3) is 0.333. The van der Waals surface area contributed by atoms with E-state index in [2.05, 4.69) is 20.2 Å². The van der Waals surface area contributed by atoms with Gasteiger partial charge in [0.25, 0.3) is 0 Å². The third-order valence-corrected chi connectivity index (χ3v) is 4.41. The highest BCUT2D eigenvalue weighted by Crippen LogP contribution is 2.22. The molecule has 7 heteroatoms. The Kier molecular flexibility index (Phi) is 5.23. The number of hydrogen-bond acceptors (Lipinski definition) is 5. The molecule has 0 bridgehead atoms. The summed E-state index contributed by atoms with van der Waals surface area (Å²) < 4.78 is 0. The summed E-state index contributed by atoms with van der Waals surface area (Å²) in [7, 11) is 0. The summed E-state index contributed by atoms with van der Waals surface area (Å²) in [6, 6.07) is 7.72. The Labute approximate surface area is 145 Å². The Hall–Kier alpha value is -2.96. The van der Waals surface area contributed by atoms with Gasteiger partial charge in [-0.1, -0.05) is 30.3 Å². The van der Waals surface area contributed by atoms with E-state index in [1.54, 1.807) is 42.9 Å². The van der Waals surface area contributed by atoms with Crippen LogP contribution in [0.1, 0.15) is 24.4 Å². The van der Waals surface area contributed by atoms with Gasteiger partial charge in [-0.3, -0.25) is 9.78 Å². The van der Waals surface area contributed by atoms with Crippen molar-refractivity contribution in [2.75, 3.05) is 18.0 Å². The van der Waals surface area contributed by atoms with E-state index in [0.717, 1.165) is 5.82 Å². The molecule has 1 aromatic heterocycles. The number of nitrogens with one attached hydrogen (secondary N) is 1. The molecular formula is C18H20N4O3. The van der Waals surface area contributed by atoms with Gasteiger partial charge in [0, 0.05) is 31.4 Å². The Morgan fingerprint density at radius 1 is 1.16 bits per heavy atom. The molecule has 0 radical (unpaired) electrons. The summed E-state index contributed by atoms with van der Waals surface area (Å²) in [6.45, 7) is 1.39. The summed E-state index contributed by atoms with van der Waals surface area (Å²) >= 11 is 0. The standard InChI is InChI=1S/C18H20N4O3/c23-17(21-16(18(24)25)13-4-2-1-3-5-13)14-6-10-22(11-7-14)15-12-19-8-9-20-15/h1-5,8-9,12,14,16H,6-7,10-11H2,(H,21,23)(H,24,25)/t16-/m1/s1. The zero-order valence-corrected chi connectivity index (χ0v) is 13.7. The van der Waals surface area contributed by atoms with E-state index in [-0.39, 0.29) is 11.8 Å². The monoisotopic (exact) mass is 340 g/mol. The third-order valence-electron chi connectivity index (χ3n) is 4.41. The number of rotatable bonds is 5. The highest BCUT2D eigenvalue weighted by atomic mass is 16.4. The van der Waals surface area contributed by atoms with Crippen LogP contribution in [-0.4, -0.2) is 40.0 Å². The Bertz CT molecular complexity index is 716. The molecule has 2 heterocycles. The Balaban J connectivity index is 1.59. The van der Waals surface area contributed by atoms with Crippen molar-refractivity contribution in [3.05, 3.63) is 54.5 Å². The van der Waals surface area contributed by atoms with Gasteiger partial charge in [0.05, 0.1) is 6.20 Å². The highest BCUT2D eigenvalue weighted by molar-refractivity contribution is 5.86. The van der Waals surface area contributed by atoms with E-state index in [4.69, 9.17) is 0 Å². The topological polar surface area (TPSA) is 95.4 Å². The smallest absolute Gasteiger partial charge is 0.330 e. The number of piperidine rings is 1. The lowest BCUT2D eigenvalue weighted by Gasteiger charge is -2.32. The van der Waals surface area contributed by atoms with Crippen LogP contribution in [0.5, 0.6) is 0 Å². The first-order valence-corrected chi connectivity index (χ1v) is 8.24. The Morgan fingerprint density at radius 3 is 2.48 bits per heavy atom. The minimum absolute atomic E-state index is 0.196. The molecule has 3 rings (SSSR count). The number of aromatic nitrogens is 2. The zero-order valence-electron chi connectivity index (χ0n) is 13.7. The maximum atomic E-state index is 12.5. The van der Waals surface area contributed by atoms with Crippen molar-refractivity contribution in [2.45, 2.75) is 18.9 Å². The quantitative estimate of drug-likeness (QED) is 0.859. The number of anilines is 1. The molecule has 0 spiro atoms. The molecule has 7 nitrogen and oxygen atoms in total. The van der Waals surface area contributed by atoms with E-state index in [0.29, 0.717) is 31.5 Å². The van der Waals surface area contributed by atoms with E-state index in [9.17, 15) is 14.7 Å². The van der Waals surface area contributed by atoms with E-state index in [1.165, 1.54) is 0 Å². The van der Waals surface area contributed by atoms with E-state index >= 15 is 0 Å². The van der Waals surface area contributed by atoms with Crippen LogP contribution in [-0.2, 0) is 9.59 Å². The molecule has 1 amide bonds. The minimum atomic E-state index is -1.06. The van der Waals surface area contributed by atoms with Crippen molar-refractivity contribution in [2.24, 2.45) is 5.92 Å². The minimum Gasteiger partial charge on any atom is -0.479 e. The molecule has 0 unspecified atom stereocenters.